The predicted molar refractivity (Wildman–Crippen MR) is 121 cm³/mol. The van der Waals surface area contributed by atoms with Crippen molar-refractivity contribution in [2.45, 2.75) is 26.8 Å². The lowest BCUT2D eigenvalue weighted by Gasteiger charge is -2.20. The number of carbonyl (C=O) groups excluding carboxylic acids is 1. The molecule has 7 nitrogen and oxygen atoms in total. The molecule has 156 valence electrons. The van der Waals surface area contributed by atoms with E-state index in [1.165, 1.54) is 23.5 Å². The molecule has 2 heterocycles. The molecule has 0 saturated heterocycles. The molecule has 0 radical (unpaired) electrons. The highest BCUT2D eigenvalue weighted by molar-refractivity contribution is 7.22. The van der Waals surface area contributed by atoms with E-state index in [1.54, 1.807) is 29.4 Å². The van der Waals surface area contributed by atoms with Crippen LogP contribution in [0.25, 0.3) is 10.2 Å². The van der Waals surface area contributed by atoms with E-state index in [-0.39, 0.29) is 18.0 Å². The number of thiazole rings is 1. The number of aromatic nitrogens is 2. The van der Waals surface area contributed by atoms with Crippen molar-refractivity contribution < 1.29 is 9.72 Å². The van der Waals surface area contributed by atoms with Crippen LogP contribution in [0.3, 0.4) is 0 Å². The molecule has 0 bridgehead atoms. The molecule has 31 heavy (non-hydrogen) atoms. The maximum atomic E-state index is 13.3. The van der Waals surface area contributed by atoms with Crippen LogP contribution in [-0.4, -0.2) is 20.8 Å². The summed E-state index contributed by atoms with van der Waals surface area (Å²) in [6.45, 7) is 4.41. The summed E-state index contributed by atoms with van der Waals surface area (Å²) in [5.74, 6) is -0.133. The largest absolute Gasteiger partial charge is 0.283 e. The zero-order valence-corrected chi connectivity index (χ0v) is 17.9. The fraction of sp³-hybridized carbons (Fsp3) is 0.174. The Bertz CT molecular complexity index is 1250. The van der Waals surface area contributed by atoms with Gasteiger partial charge in [-0.3, -0.25) is 24.8 Å². The van der Waals surface area contributed by atoms with Crippen LogP contribution in [0.2, 0.25) is 0 Å². The van der Waals surface area contributed by atoms with Gasteiger partial charge in [-0.15, -0.1) is 0 Å². The van der Waals surface area contributed by atoms with E-state index in [1.807, 2.05) is 32.0 Å². The van der Waals surface area contributed by atoms with Gasteiger partial charge in [0.15, 0.2) is 5.13 Å². The minimum atomic E-state index is -0.453. The molecule has 0 spiro atoms. The lowest BCUT2D eigenvalue weighted by Crippen LogP contribution is -2.31. The number of nitro benzene ring substituents is 1. The monoisotopic (exact) mass is 432 g/mol. The number of pyridine rings is 1. The van der Waals surface area contributed by atoms with Crippen LogP contribution in [0.1, 0.15) is 22.3 Å². The van der Waals surface area contributed by atoms with Gasteiger partial charge in [0.25, 0.3) is 5.69 Å². The maximum absolute atomic E-state index is 13.3. The second-order valence-corrected chi connectivity index (χ2v) is 8.35. The lowest BCUT2D eigenvalue weighted by molar-refractivity contribution is -0.384. The molecule has 0 atom stereocenters. The summed E-state index contributed by atoms with van der Waals surface area (Å²) < 4.78 is 1.06. The van der Waals surface area contributed by atoms with Crippen molar-refractivity contribution >= 4 is 38.3 Å². The van der Waals surface area contributed by atoms with Crippen molar-refractivity contribution in [1.29, 1.82) is 0 Å². The fourth-order valence-corrected chi connectivity index (χ4v) is 4.45. The first kappa shape index (κ1) is 20.6. The molecule has 2 aromatic heterocycles. The zero-order valence-electron chi connectivity index (χ0n) is 17.1. The van der Waals surface area contributed by atoms with Gasteiger partial charge in [-0.1, -0.05) is 35.6 Å². The first-order valence-electron chi connectivity index (χ1n) is 9.71. The first-order valence-corrected chi connectivity index (χ1v) is 10.5. The number of anilines is 1. The van der Waals surface area contributed by atoms with Crippen LogP contribution in [0.15, 0.2) is 60.9 Å². The predicted octanol–water partition coefficient (Wildman–Crippen LogP) is 4.99. The molecule has 0 fully saturated rings. The Labute approximate surface area is 183 Å². The van der Waals surface area contributed by atoms with Crippen LogP contribution in [0.4, 0.5) is 10.8 Å². The molecule has 0 saturated carbocycles. The number of amides is 1. The topological polar surface area (TPSA) is 89.2 Å². The van der Waals surface area contributed by atoms with Crippen LogP contribution in [0, 0.1) is 24.0 Å². The number of hydrogen-bond donors (Lipinski definition) is 0. The fourth-order valence-electron chi connectivity index (χ4n) is 3.42. The summed E-state index contributed by atoms with van der Waals surface area (Å²) in [5, 5.41) is 11.5. The van der Waals surface area contributed by atoms with Crippen LogP contribution in [0.5, 0.6) is 0 Å². The van der Waals surface area contributed by atoms with Crippen LogP contribution in [-0.2, 0) is 17.8 Å². The molecule has 0 N–H and O–H groups in total. The standard InChI is InChI=1S/C23H20N4O3S/c1-15-10-16(2)22-20(11-15)25-23(31-22)26(14-18-4-3-9-24-13-18)21(28)12-17-5-7-19(8-6-17)27(29)30/h3-11,13H,12,14H2,1-2H3. The molecule has 0 aliphatic heterocycles. The Morgan fingerprint density at radius 2 is 1.90 bits per heavy atom. The SMILES string of the molecule is Cc1cc(C)c2sc(N(Cc3cccnc3)C(=O)Cc3ccc([N+](=O)[O-])cc3)nc2c1. The molecule has 0 aliphatic rings. The molecule has 4 rings (SSSR count). The smallest absolute Gasteiger partial charge is 0.269 e. The van der Waals surface area contributed by atoms with Gasteiger partial charge in [0.2, 0.25) is 5.91 Å². The number of carbonyl (C=O) groups is 1. The highest BCUT2D eigenvalue weighted by Gasteiger charge is 2.21. The van der Waals surface area contributed by atoms with E-state index in [0.717, 1.165) is 26.9 Å². The highest BCUT2D eigenvalue weighted by Crippen LogP contribution is 2.33. The number of benzene rings is 2. The van der Waals surface area contributed by atoms with Gasteiger partial charge < -0.3 is 0 Å². The quantitative estimate of drug-likeness (QED) is 0.316. The van der Waals surface area contributed by atoms with E-state index >= 15 is 0 Å². The minimum Gasteiger partial charge on any atom is -0.283 e. The average molecular weight is 433 g/mol. The minimum absolute atomic E-state index is 0.000401. The number of fused-ring (bicyclic) bond motifs is 1. The number of aryl methyl sites for hydroxylation is 2. The van der Waals surface area contributed by atoms with E-state index < -0.39 is 4.92 Å². The Hall–Kier alpha value is -3.65. The molecular formula is C23H20N4O3S. The molecule has 0 unspecified atom stereocenters. The van der Waals surface area contributed by atoms with E-state index in [4.69, 9.17) is 4.98 Å². The van der Waals surface area contributed by atoms with Gasteiger partial charge in [0.05, 0.1) is 28.1 Å². The Balaban J connectivity index is 1.67. The summed E-state index contributed by atoms with van der Waals surface area (Å²) in [6, 6.07) is 13.9. The Morgan fingerprint density at radius 3 is 2.58 bits per heavy atom. The normalized spacial score (nSPS) is 10.9. The van der Waals surface area contributed by atoms with Crippen molar-refractivity contribution in [3.8, 4) is 0 Å². The summed E-state index contributed by atoms with van der Waals surface area (Å²) in [5.41, 5.74) is 4.73. The van der Waals surface area contributed by atoms with Crippen molar-refractivity contribution in [2.75, 3.05) is 4.90 Å². The van der Waals surface area contributed by atoms with E-state index in [0.29, 0.717) is 17.2 Å². The first-order chi connectivity index (χ1) is 14.9. The number of nitrogens with zero attached hydrogens (tertiary/aromatic N) is 4. The van der Waals surface area contributed by atoms with Crippen molar-refractivity contribution in [3.05, 3.63) is 93.3 Å². The number of hydrogen-bond acceptors (Lipinski definition) is 6. The number of nitro groups is 1. The molecule has 1 amide bonds. The molecule has 2 aromatic carbocycles. The Kier molecular flexibility index (Phi) is 5.73. The summed E-state index contributed by atoms with van der Waals surface area (Å²) in [7, 11) is 0. The van der Waals surface area contributed by atoms with Gasteiger partial charge in [0.1, 0.15) is 0 Å². The van der Waals surface area contributed by atoms with Gasteiger partial charge in [-0.25, -0.2) is 4.98 Å². The van der Waals surface area contributed by atoms with Crippen molar-refractivity contribution in [1.82, 2.24) is 9.97 Å². The second kappa shape index (κ2) is 8.61. The van der Waals surface area contributed by atoms with E-state index in [2.05, 4.69) is 11.1 Å². The van der Waals surface area contributed by atoms with Gasteiger partial charge in [-0.2, -0.15) is 0 Å². The highest BCUT2D eigenvalue weighted by atomic mass is 32.1. The maximum Gasteiger partial charge on any atom is 0.269 e. The molecule has 8 heteroatoms. The van der Waals surface area contributed by atoms with Gasteiger partial charge in [-0.05, 0) is 48.2 Å². The zero-order chi connectivity index (χ0) is 22.0. The summed E-state index contributed by atoms with van der Waals surface area (Å²) in [4.78, 5) is 34.3. The second-order valence-electron chi connectivity index (χ2n) is 7.37. The van der Waals surface area contributed by atoms with Crippen LogP contribution >= 0.6 is 11.3 Å². The summed E-state index contributed by atoms with van der Waals surface area (Å²) in [6.07, 6.45) is 3.54. The molecular weight excluding hydrogens is 412 g/mol. The summed E-state index contributed by atoms with van der Waals surface area (Å²) >= 11 is 1.49. The average Bonchev–Trinajstić information content (AvgIpc) is 3.17. The lowest BCUT2D eigenvalue weighted by atomic mass is 10.1. The third-order valence-corrected chi connectivity index (χ3v) is 6.14. The van der Waals surface area contributed by atoms with Crippen molar-refractivity contribution in [3.63, 3.8) is 0 Å². The molecule has 4 aromatic rings. The number of non-ortho nitro benzene ring substituents is 1. The third-order valence-electron chi connectivity index (χ3n) is 4.91. The van der Waals surface area contributed by atoms with E-state index in [9.17, 15) is 14.9 Å². The van der Waals surface area contributed by atoms with Crippen LogP contribution < -0.4 is 4.90 Å². The van der Waals surface area contributed by atoms with Crippen molar-refractivity contribution in [2.24, 2.45) is 0 Å². The van der Waals surface area contributed by atoms with Gasteiger partial charge >= 0.3 is 0 Å². The Morgan fingerprint density at radius 1 is 1.13 bits per heavy atom. The van der Waals surface area contributed by atoms with Gasteiger partial charge in [0, 0.05) is 24.5 Å². The molecule has 0 aliphatic carbocycles. The third kappa shape index (κ3) is 4.59. The number of rotatable bonds is 6.